The van der Waals surface area contributed by atoms with Crippen molar-refractivity contribution in [3.8, 4) is 0 Å². The molecule has 2 radical (unpaired) electrons. The van der Waals surface area contributed by atoms with Gasteiger partial charge < -0.3 is 0 Å². The summed E-state index contributed by atoms with van der Waals surface area (Å²) in [7, 11) is 4.43. The average Bonchev–Trinajstić information content (AvgIpc) is 2.51. The van der Waals surface area contributed by atoms with E-state index in [4.69, 9.17) is 0 Å². The normalized spacial score (nSPS) is 10.0. The van der Waals surface area contributed by atoms with Gasteiger partial charge >= 0.3 is 0 Å². The molecule has 0 saturated heterocycles. The number of hydrogen-bond acceptors (Lipinski definition) is 0. The molecule has 0 amide bonds. The molecule has 3 aromatic rings. The van der Waals surface area contributed by atoms with Crippen LogP contribution in [0.1, 0.15) is 0 Å². The first-order chi connectivity index (χ1) is 9.92. The van der Waals surface area contributed by atoms with Crippen molar-refractivity contribution in [2.75, 3.05) is 0 Å². The molecule has 0 N–H and O–H groups in total. The van der Waals surface area contributed by atoms with Crippen molar-refractivity contribution < 1.29 is 0 Å². The molecular weight excluding hydrogens is 238 g/mol. The van der Waals surface area contributed by atoms with E-state index in [1.165, 1.54) is 21.9 Å². The molecule has 0 fully saturated rings. The summed E-state index contributed by atoms with van der Waals surface area (Å²) in [5.74, 6) is 0. The topological polar surface area (TPSA) is 0 Å². The highest BCUT2D eigenvalue weighted by Gasteiger charge is 2.06. The molecule has 0 nitrogen and oxygen atoms in total. The lowest BCUT2D eigenvalue weighted by Crippen LogP contribution is -2.44. The molecule has 0 bridgehead atoms. The van der Waals surface area contributed by atoms with Crippen molar-refractivity contribution in [2.45, 2.75) is 0 Å². The molecule has 2 heteroatoms. The van der Waals surface area contributed by atoms with Crippen molar-refractivity contribution in [1.82, 2.24) is 0 Å². The summed E-state index contributed by atoms with van der Waals surface area (Å²) >= 11 is 0. The van der Waals surface area contributed by atoms with Crippen LogP contribution in [0, 0.1) is 0 Å². The van der Waals surface area contributed by atoms with Gasteiger partial charge in [-0.3, -0.25) is 0 Å². The van der Waals surface area contributed by atoms with Gasteiger partial charge in [0.25, 0.3) is 0 Å². The van der Waals surface area contributed by atoms with E-state index in [0.29, 0.717) is 0 Å². The van der Waals surface area contributed by atoms with Gasteiger partial charge in [0.15, 0.2) is 14.6 Å². The van der Waals surface area contributed by atoms with Crippen LogP contribution < -0.4 is 21.9 Å². The summed E-state index contributed by atoms with van der Waals surface area (Å²) in [6, 6.07) is 29.3. The molecule has 20 heavy (non-hydrogen) atoms. The summed E-state index contributed by atoms with van der Waals surface area (Å²) in [6.45, 7) is 0. The molecule has 0 heterocycles. The highest BCUT2D eigenvalue weighted by atomic mass is 13.9. The molecule has 3 aromatic carbocycles. The highest BCUT2D eigenvalue weighted by molar-refractivity contribution is 6.78. The Morgan fingerprint density at radius 1 is 0.400 bits per heavy atom. The van der Waals surface area contributed by atoms with Crippen LogP contribution in [-0.4, -0.2) is 14.6 Å². The fourth-order valence-electron chi connectivity index (χ4n) is 2.23. The van der Waals surface area contributed by atoms with E-state index < -0.39 is 0 Å². The standard InChI is InChI=1S/C18H14B2/c1-3-9-15(10-4-1)19-17-13-7-8-14-18(17)20-16-11-5-2-6-12-16/h1-14H. The molecule has 3 rings (SSSR count). The summed E-state index contributed by atoms with van der Waals surface area (Å²) in [6.07, 6.45) is 0. The van der Waals surface area contributed by atoms with Crippen LogP contribution in [0.4, 0.5) is 0 Å². The molecule has 0 aliphatic carbocycles. The average molecular weight is 252 g/mol. The van der Waals surface area contributed by atoms with Gasteiger partial charge in [-0.05, 0) is 0 Å². The van der Waals surface area contributed by atoms with Crippen LogP contribution in [0.5, 0.6) is 0 Å². The largest absolute Gasteiger partial charge is 0.190 e. The lowest BCUT2D eigenvalue weighted by molar-refractivity contribution is 1.75. The molecule has 0 aliphatic heterocycles. The molecule has 92 valence electrons. The van der Waals surface area contributed by atoms with Crippen LogP contribution in [0.15, 0.2) is 84.9 Å². The maximum absolute atomic E-state index is 2.22. The molecule has 0 saturated carbocycles. The van der Waals surface area contributed by atoms with Gasteiger partial charge in [-0.25, -0.2) is 0 Å². The van der Waals surface area contributed by atoms with Crippen LogP contribution in [0.2, 0.25) is 0 Å². The SMILES string of the molecule is [B](c1ccccc1)c1ccccc1[B]c1ccccc1. The predicted octanol–water partition coefficient (Wildman–Crippen LogP) is 0.997. The van der Waals surface area contributed by atoms with E-state index in [-0.39, 0.29) is 0 Å². The van der Waals surface area contributed by atoms with E-state index >= 15 is 0 Å². The summed E-state index contributed by atoms with van der Waals surface area (Å²) in [5.41, 5.74) is 4.92. The van der Waals surface area contributed by atoms with Crippen molar-refractivity contribution >= 4 is 36.4 Å². The molecular formula is C18H14B2. The van der Waals surface area contributed by atoms with E-state index in [1.807, 2.05) is 12.1 Å². The van der Waals surface area contributed by atoms with E-state index in [2.05, 4.69) is 87.4 Å². The van der Waals surface area contributed by atoms with Crippen molar-refractivity contribution in [3.63, 3.8) is 0 Å². The van der Waals surface area contributed by atoms with Crippen molar-refractivity contribution in [2.24, 2.45) is 0 Å². The first-order valence-electron chi connectivity index (χ1n) is 6.80. The van der Waals surface area contributed by atoms with Crippen molar-refractivity contribution in [1.29, 1.82) is 0 Å². The first-order valence-corrected chi connectivity index (χ1v) is 6.80. The van der Waals surface area contributed by atoms with Gasteiger partial charge in [-0.2, -0.15) is 0 Å². The Morgan fingerprint density at radius 3 is 1.15 bits per heavy atom. The minimum atomic E-state index is 1.22. The van der Waals surface area contributed by atoms with Gasteiger partial charge in [0.05, 0.1) is 0 Å². The van der Waals surface area contributed by atoms with Gasteiger partial charge in [0.1, 0.15) is 0 Å². The Kier molecular flexibility index (Phi) is 4.03. The first kappa shape index (κ1) is 12.8. The lowest BCUT2D eigenvalue weighted by atomic mass is 9.53. The Labute approximate surface area is 122 Å². The van der Waals surface area contributed by atoms with E-state index in [0.717, 1.165) is 0 Å². The third-order valence-electron chi connectivity index (χ3n) is 3.24. The third-order valence-corrected chi connectivity index (χ3v) is 3.24. The van der Waals surface area contributed by atoms with Gasteiger partial charge in [-0.1, -0.05) is 107 Å². The fourth-order valence-corrected chi connectivity index (χ4v) is 2.23. The quantitative estimate of drug-likeness (QED) is 0.607. The highest BCUT2D eigenvalue weighted by Crippen LogP contribution is 1.86. The predicted molar refractivity (Wildman–Crippen MR) is 89.4 cm³/mol. The van der Waals surface area contributed by atoms with Crippen molar-refractivity contribution in [3.05, 3.63) is 84.9 Å². The van der Waals surface area contributed by atoms with Gasteiger partial charge in [-0.15, -0.1) is 0 Å². The summed E-state index contributed by atoms with van der Waals surface area (Å²) in [5, 5.41) is 0. The Balaban J connectivity index is 1.85. The molecule has 0 aromatic heterocycles. The second-order valence-corrected chi connectivity index (χ2v) is 4.74. The summed E-state index contributed by atoms with van der Waals surface area (Å²) in [4.78, 5) is 0. The second kappa shape index (κ2) is 6.29. The molecule has 0 spiro atoms. The van der Waals surface area contributed by atoms with E-state index in [1.54, 1.807) is 0 Å². The minimum Gasteiger partial charge on any atom is -0.0871 e. The Bertz CT molecular complexity index is 603. The van der Waals surface area contributed by atoms with Crippen LogP contribution >= 0.6 is 0 Å². The van der Waals surface area contributed by atoms with Crippen LogP contribution in [0.3, 0.4) is 0 Å². The molecule has 0 aliphatic rings. The fraction of sp³-hybridized carbons (Fsp3) is 0. The maximum Gasteiger partial charge on any atom is 0.190 e. The third kappa shape index (κ3) is 3.21. The Hall–Kier alpha value is -2.21. The second-order valence-electron chi connectivity index (χ2n) is 4.74. The zero-order valence-corrected chi connectivity index (χ0v) is 11.2. The van der Waals surface area contributed by atoms with Crippen LogP contribution in [0.25, 0.3) is 0 Å². The minimum absolute atomic E-state index is 1.22. The van der Waals surface area contributed by atoms with E-state index in [9.17, 15) is 0 Å². The maximum atomic E-state index is 2.22. The molecule has 0 atom stereocenters. The summed E-state index contributed by atoms with van der Waals surface area (Å²) < 4.78 is 0. The van der Waals surface area contributed by atoms with Gasteiger partial charge in [0, 0.05) is 0 Å². The Morgan fingerprint density at radius 2 is 0.750 bits per heavy atom. The number of rotatable bonds is 4. The lowest BCUT2D eigenvalue weighted by Gasteiger charge is -2.08. The van der Waals surface area contributed by atoms with Crippen LogP contribution in [-0.2, 0) is 0 Å². The zero-order valence-electron chi connectivity index (χ0n) is 11.2. The molecule has 0 unspecified atom stereocenters. The monoisotopic (exact) mass is 252 g/mol. The zero-order chi connectivity index (χ0) is 13.6. The van der Waals surface area contributed by atoms with Gasteiger partial charge in [0.2, 0.25) is 0 Å². The number of benzene rings is 3. The number of hydrogen-bond donors (Lipinski definition) is 0. The smallest absolute Gasteiger partial charge is 0.0871 e.